The fourth-order valence-electron chi connectivity index (χ4n) is 2.33. The van der Waals surface area contributed by atoms with Gasteiger partial charge in [0.05, 0.1) is 29.1 Å². The Bertz CT molecular complexity index is 343. The molecule has 2 rings (SSSR count). The maximum Gasteiger partial charge on any atom is 0.0834 e. The Hall–Kier alpha value is -0.620. The first kappa shape index (κ1) is 12.8. The molecule has 96 valence electrons. The predicted octanol–water partition coefficient (Wildman–Crippen LogP) is 1.54. The first-order valence-electron chi connectivity index (χ1n) is 5.97. The van der Waals surface area contributed by atoms with Gasteiger partial charge < -0.3 is 4.74 Å². The molecule has 0 amide bonds. The molecule has 1 fully saturated rings. The summed E-state index contributed by atoms with van der Waals surface area (Å²) in [6, 6.07) is -0.0156. The summed E-state index contributed by atoms with van der Waals surface area (Å²) in [4.78, 5) is 0. The highest BCUT2D eigenvalue weighted by Crippen LogP contribution is 2.28. The Morgan fingerprint density at radius 2 is 2.53 bits per heavy atom. The summed E-state index contributed by atoms with van der Waals surface area (Å²) in [6.07, 6.45) is 6.20. The molecule has 3 N–H and O–H groups in total. The average molecular weight is 259 g/mol. The number of hydrogen-bond donors (Lipinski definition) is 2. The van der Waals surface area contributed by atoms with Crippen LogP contribution in [-0.2, 0) is 11.8 Å². The van der Waals surface area contributed by atoms with Gasteiger partial charge in [-0.2, -0.15) is 5.10 Å². The summed E-state index contributed by atoms with van der Waals surface area (Å²) >= 11 is 6.12. The summed E-state index contributed by atoms with van der Waals surface area (Å²) in [5.74, 6) is 5.61. The zero-order valence-corrected chi connectivity index (χ0v) is 10.8. The number of nitrogens with zero attached hydrogens (tertiary/aromatic N) is 2. The molecule has 1 aliphatic heterocycles. The van der Waals surface area contributed by atoms with Gasteiger partial charge in [0, 0.05) is 13.7 Å². The lowest BCUT2D eigenvalue weighted by molar-refractivity contribution is 0.00456. The molecule has 1 aromatic rings. The van der Waals surface area contributed by atoms with Crippen LogP contribution in [0.3, 0.4) is 0 Å². The largest absolute Gasteiger partial charge is 0.378 e. The Labute approximate surface area is 106 Å². The SMILES string of the molecule is Cn1ncc(Cl)c1C(CC1CCCCO1)NN. The second-order valence-electron chi connectivity index (χ2n) is 4.44. The molecule has 0 spiro atoms. The second-order valence-corrected chi connectivity index (χ2v) is 4.85. The molecule has 6 heteroatoms. The van der Waals surface area contributed by atoms with Gasteiger partial charge >= 0.3 is 0 Å². The van der Waals surface area contributed by atoms with Crippen molar-refractivity contribution in [2.45, 2.75) is 37.8 Å². The third-order valence-electron chi connectivity index (χ3n) is 3.24. The lowest BCUT2D eigenvalue weighted by Gasteiger charge is -2.26. The van der Waals surface area contributed by atoms with E-state index in [4.69, 9.17) is 22.2 Å². The van der Waals surface area contributed by atoms with Gasteiger partial charge in [0.25, 0.3) is 0 Å². The van der Waals surface area contributed by atoms with E-state index < -0.39 is 0 Å². The fourth-order valence-corrected chi connectivity index (χ4v) is 2.62. The van der Waals surface area contributed by atoms with E-state index in [0.717, 1.165) is 31.6 Å². The summed E-state index contributed by atoms with van der Waals surface area (Å²) in [5, 5.41) is 4.77. The van der Waals surface area contributed by atoms with Gasteiger partial charge in [-0.3, -0.25) is 16.0 Å². The second kappa shape index (κ2) is 5.82. The highest BCUT2D eigenvalue weighted by Gasteiger charge is 2.23. The van der Waals surface area contributed by atoms with Crippen LogP contribution < -0.4 is 11.3 Å². The van der Waals surface area contributed by atoms with E-state index >= 15 is 0 Å². The normalized spacial score (nSPS) is 22.6. The lowest BCUT2D eigenvalue weighted by atomic mass is 10.0. The van der Waals surface area contributed by atoms with Crippen LogP contribution in [0.2, 0.25) is 5.02 Å². The van der Waals surface area contributed by atoms with Crippen LogP contribution in [0.1, 0.15) is 37.4 Å². The monoisotopic (exact) mass is 258 g/mol. The molecule has 17 heavy (non-hydrogen) atoms. The highest BCUT2D eigenvalue weighted by molar-refractivity contribution is 6.31. The molecular formula is C11H19ClN4O. The van der Waals surface area contributed by atoms with Crippen LogP contribution in [-0.4, -0.2) is 22.5 Å². The number of nitrogens with one attached hydrogen (secondary N) is 1. The summed E-state index contributed by atoms with van der Waals surface area (Å²) in [7, 11) is 1.87. The summed E-state index contributed by atoms with van der Waals surface area (Å²) in [5.41, 5.74) is 3.73. The standard InChI is InChI=1S/C11H19ClN4O/c1-16-11(9(12)7-14-16)10(15-13)6-8-4-2-3-5-17-8/h7-8,10,15H,2-6,13H2,1H3. The zero-order chi connectivity index (χ0) is 12.3. The lowest BCUT2D eigenvalue weighted by Crippen LogP contribution is -2.34. The molecule has 1 aromatic heterocycles. The Morgan fingerprint density at radius 3 is 3.06 bits per heavy atom. The average Bonchev–Trinajstić information content (AvgIpc) is 2.68. The highest BCUT2D eigenvalue weighted by atomic mass is 35.5. The van der Waals surface area contributed by atoms with Gasteiger partial charge in [-0.25, -0.2) is 0 Å². The van der Waals surface area contributed by atoms with E-state index in [2.05, 4.69) is 10.5 Å². The van der Waals surface area contributed by atoms with Crippen LogP contribution in [0.15, 0.2) is 6.20 Å². The minimum absolute atomic E-state index is 0.0156. The molecule has 2 unspecified atom stereocenters. The molecule has 5 nitrogen and oxygen atoms in total. The molecule has 0 aliphatic carbocycles. The van der Waals surface area contributed by atoms with E-state index in [1.54, 1.807) is 10.9 Å². The number of hydrogen-bond acceptors (Lipinski definition) is 4. The molecule has 0 saturated carbocycles. The third-order valence-corrected chi connectivity index (χ3v) is 3.53. The van der Waals surface area contributed by atoms with Crippen molar-refractivity contribution in [3.8, 4) is 0 Å². The van der Waals surface area contributed by atoms with Gasteiger partial charge in [0.2, 0.25) is 0 Å². The third kappa shape index (κ3) is 2.98. The van der Waals surface area contributed by atoms with Gasteiger partial charge in [-0.05, 0) is 25.7 Å². The van der Waals surface area contributed by atoms with Crippen molar-refractivity contribution in [1.82, 2.24) is 15.2 Å². The minimum Gasteiger partial charge on any atom is -0.378 e. The topological polar surface area (TPSA) is 65.1 Å². The zero-order valence-electron chi connectivity index (χ0n) is 10.0. The van der Waals surface area contributed by atoms with E-state index in [1.807, 2.05) is 7.05 Å². The van der Waals surface area contributed by atoms with Crippen molar-refractivity contribution in [1.29, 1.82) is 0 Å². The van der Waals surface area contributed by atoms with E-state index in [0.29, 0.717) is 5.02 Å². The van der Waals surface area contributed by atoms with Crippen molar-refractivity contribution in [3.05, 3.63) is 16.9 Å². The maximum absolute atomic E-state index is 6.12. The van der Waals surface area contributed by atoms with Gasteiger partial charge in [0.15, 0.2) is 0 Å². The van der Waals surface area contributed by atoms with Crippen LogP contribution in [0.25, 0.3) is 0 Å². The number of aromatic nitrogens is 2. The molecule has 2 heterocycles. The maximum atomic E-state index is 6.12. The quantitative estimate of drug-likeness (QED) is 0.635. The molecule has 0 radical (unpaired) electrons. The van der Waals surface area contributed by atoms with E-state index in [-0.39, 0.29) is 12.1 Å². The summed E-state index contributed by atoms with van der Waals surface area (Å²) in [6.45, 7) is 0.848. The number of nitrogens with two attached hydrogens (primary N) is 1. The first-order chi connectivity index (χ1) is 8.22. The number of hydrazine groups is 1. The Kier molecular flexibility index (Phi) is 4.39. The van der Waals surface area contributed by atoms with Crippen molar-refractivity contribution in [2.24, 2.45) is 12.9 Å². The smallest absolute Gasteiger partial charge is 0.0834 e. The van der Waals surface area contributed by atoms with E-state index in [1.165, 1.54) is 6.42 Å². The van der Waals surface area contributed by atoms with Crippen molar-refractivity contribution in [2.75, 3.05) is 6.61 Å². The number of aryl methyl sites for hydroxylation is 1. The predicted molar refractivity (Wildman–Crippen MR) is 66.5 cm³/mol. The summed E-state index contributed by atoms with van der Waals surface area (Å²) < 4.78 is 7.48. The van der Waals surface area contributed by atoms with Gasteiger partial charge in [0.1, 0.15) is 0 Å². The van der Waals surface area contributed by atoms with Crippen LogP contribution in [0, 0.1) is 0 Å². The Balaban J connectivity index is 2.05. The van der Waals surface area contributed by atoms with Crippen LogP contribution >= 0.6 is 11.6 Å². The van der Waals surface area contributed by atoms with Crippen LogP contribution in [0.4, 0.5) is 0 Å². The Morgan fingerprint density at radius 1 is 1.71 bits per heavy atom. The number of halogens is 1. The van der Waals surface area contributed by atoms with E-state index in [9.17, 15) is 0 Å². The molecular weight excluding hydrogens is 240 g/mol. The minimum atomic E-state index is -0.0156. The van der Waals surface area contributed by atoms with Crippen molar-refractivity contribution >= 4 is 11.6 Å². The van der Waals surface area contributed by atoms with Crippen molar-refractivity contribution < 1.29 is 4.74 Å². The molecule has 0 aromatic carbocycles. The molecule has 2 atom stereocenters. The number of rotatable bonds is 4. The first-order valence-corrected chi connectivity index (χ1v) is 6.35. The molecule has 0 bridgehead atoms. The van der Waals surface area contributed by atoms with Gasteiger partial charge in [-0.1, -0.05) is 11.6 Å². The number of ether oxygens (including phenoxy) is 1. The van der Waals surface area contributed by atoms with Crippen LogP contribution in [0.5, 0.6) is 0 Å². The van der Waals surface area contributed by atoms with Gasteiger partial charge in [-0.15, -0.1) is 0 Å². The van der Waals surface area contributed by atoms with Crippen molar-refractivity contribution in [3.63, 3.8) is 0 Å². The molecule has 1 aliphatic rings. The fraction of sp³-hybridized carbons (Fsp3) is 0.727. The molecule has 1 saturated heterocycles.